The molecule has 0 radical (unpaired) electrons. The van der Waals surface area contributed by atoms with Crippen molar-refractivity contribution in [2.45, 2.75) is 19.9 Å². The van der Waals surface area contributed by atoms with Gasteiger partial charge in [0.15, 0.2) is 0 Å². The highest BCUT2D eigenvalue weighted by Gasteiger charge is 2.17. The van der Waals surface area contributed by atoms with Gasteiger partial charge >= 0.3 is 0 Å². The van der Waals surface area contributed by atoms with Gasteiger partial charge in [-0.2, -0.15) is 0 Å². The van der Waals surface area contributed by atoms with E-state index in [9.17, 15) is 0 Å². The molecule has 2 nitrogen and oxygen atoms in total. The summed E-state index contributed by atoms with van der Waals surface area (Å²) in [5.74, 6) is 0. The zero-order valence-corrected chi connectivity index (χ0v) is 9.90. The quantitative estimate of drug-likeness (QED) is 0.794. The van der Waals surface area contributed by atoms with Crippen LogP contribution < -0.4 is 5.32 Å². The fourth-order valence-electron chi connectivity index (χ4n) is 1.98. The van der Waals surface area contributed by atoms with E-state index in [4.69, 9.17) is 16.3 Å². The summed E-state index contributed by atoms with van der Waals surface area (Å²) in [4.78, 5) is 0. The largest absolute Gasteiger partial charge is 0.378 e. The second kappa shape index (κ2) is 4.52. The topological polar surface area (TPSA) is 21.3 Å². The zero-order valence-electron chi connectivity index (χ0n) is 9.14. The average molecular weight is 226 g/mol. The minimum absolute atomic E-state index is 0.289. The Morgan fingerprint density at radius 1 is 1.33 bits per heavy atom. The zero-order chi connectivity index (χ0) is 10.8. The van der Waals surface area contributed by atoms with Gasteiger partial charge in [0.2, 0.25) is 0 Å². The maximum absolute atomic E-state index is 6.14. The summed E-state index contributed by atoms with van der Waals surface area (Å²) in [7, 11) is 0. The third kappa shape index (κ3) is 2.33. The summed E-state index contributed by atoms with van der Waals surface area (Å²) in [6.45, 7) is 6.60. The molecule has 1 N–H and O–H groups in total. The molecule has 0 spiro atoms. The number of halogens is 1. The Balaban J connectivity index is 2.30. The van der Waals surface area contributed by atoms with Crippen LogP contribution in [-0.2, 0) is 4.74 Å². The average Bonchev–Trinajstić information content (AvgIpc) is 2.25. The number of hydrogen-bond donors (Lipinski definition) is 1. The normalized spacial score (nSPS) is 21.7. The molecule has 15 heavy (non-hydrogen) atoms. The van der Waals surface area contributed by atoms with E-state index in [0.717, 1.165) is 30.3 Å². The molecule has 1 heterocycles. The molecule has 0 aliphatic carbocycles. The molecule has 0 aromatic heterocycles. The third-order valence-electron chi connectivity index (χ3n) is 2.84. The van der Waals surface area contributed by atoms with Gasteiger partial charge < -0.3 is 10.1 Å². The number of aryl methyl sites for hydroxylation is 2. The molecule has 1 aromatic carbocycles. The van der Waals surface area contributed by atoms with E-state index >= 15 is 0 Å². The number of rotatable bonds is 1. The first-order valence-electron chi connectivity index (χ1n) is 5.26. The van der Waals surface area contributed by atoms with Crippen LogP contribution in [0.2, 0.25) is 5.02 Å². The van der Waals surface area contributed by atoms with Crippen molar-refractivity contribution < 1.29 is 4.74 Å². The molecule has 1 atom stereocenters. The molecular weight excluding hydrogens is 210 g/mol. The lowest BCUT2D eigenvalue weighted by atomic mass is 9.99. The molecule has 1 saturated heterocycles. The fraction of sp³-hybridized carbons (Fsp3) is 0.500. The maximum atomic E-state index is 6.14. The molecule has 0 bridgehead atoms. The van der Waals surface area contributed by atoms with Crippen LogP contribution in [0.15, 0.2) is 12.1 Å². The Hall–Kier alpha value is -0.570. The van der Waals surface area contributed by atoms with Gasteiger partial charge in [-0.05, 0) is 36.6 Å². The Kier molecular flexibility index (Phi) is 3.29. The lowest BCUT2D eigenvalue weighted by Crippen LogP contribution is -2.34. The van der Waals surface area contributed by atoms with E-state index in [0.29, 0.717) is 0 Å². The van der Waals surface area contributed by atoms with Gasteiger partial charge in [-0.3, -0.25) is 0 Å². The highest BCUT2D eigenvalue weighted by molar-refractivity contribution is 6.31. The van der Waals surface area contributed by atoms with Gasteiger partial charge in [-0.25, -0.2) is 0 Å². The van der Waals surface area contributed by atoms with Crippen LogP contribution in [0.4, 0.5) is 0 Å². The van der Waals surface area contributed by atoms with Gasteiger partial charge in [0.05, 0.1) is 19.3 Å². The highest BCUT2D eigenvalue weighted by atomic mass is 35.5. The van der Waals surface area contributed by atoms with E-state index in [2.05, 4.69) is 24.4 Å². The van der Waals surface area contributed by atoms with Crippen molar-refractivity contribution in [3.8, 4) is 0 Å². The Morgan fingerprint density at radius 2 is 2.13 bits per heavy atom. The van der Waals surface area contributed by atoms with E-state index in [1.807, 2.05) is 6.92 Å². The van der Waals surface area contributed by atoms with Gasteiger partial charge in [0.1, 0.15) is 0 Å². The Bertz CT molecular complexity index is 359. The van der Waals surface area contributed by atoms with E-state index in [1.54, 1.807) is 0 Å². The lowest BCUT2D eigenvalue weighted by molar-refractivity contribution is 0.0767. The molecule has 1 aliphatic heterocycles. The predicted molar refractivity (Wildman–Crippen MR) is 62.5 cm³/mol. The highest BCUT2D eigenvalue weighted by Crippen LogP contribution is 2.26. The van der Waals surface area contributed by atoms with Crippen molar-refractivity contribution in [1.29, 1.82) is 0 Å². The predicted octanol–water partition coefficient (Wildman–Crippen LogP) is 2.62. The summed E-state index contributed by atoms with van der Waals surface area (Å²) in [5.41, 5.74) is 3.67. The van der Waals surface area contributed by atoms with Gasteiger partial charge in [-0.1, -0.05) is 17.7 Å². The first kappa shape index (κ1) is 10.9. The molecular formula is C12H16ClNO. The molecule has 3 heteroatoms. The van der Waals surface area contributed by atoms with Crippen LogP contribution >= 0.6 is 11.6 Å². The first-order chi connectivity index (χ1) is 7.18. The minimum Gasteiger partial charge on any atom is -0.378 e. The molecule has 1 aliphatic rings. The fourth-order valence-corrected chi connectivity index (χ4v) is 2.15. The smallest absolute Gasteiger partial charge is 0.0662 e. The maximum Gasteiger partial charge on any atom is 0.0662 e. The summed E-state index contributed by atoms with van der Waals surface area (Å²) < 4.78 is 5.46. The van der Waals surface area contributed by atoms with Crippen LogP contribution in [0.25, 0.3) is 0 Å². The van der Waals surface area contributed by atoms with Crippen LogP contribution in [0.5, 0.6) is 0 Å². The summed E-state index contributed by atoms with van der Waals surface area (Å²) in [6, 6.07) is 4.48. The standard InChI is InChI=1S/C12H16ClNO/c1-8-5-9(2)11(13)6-10(8)12-7-15-4-3-14-12/h5-6,12,14H,3-4,7H2,1-2H3. The van der Waals surface area contributed by atoms with Crippen molar-refractivity contribution >= 4 is 11.6 Å². The second-order valence-corrected chi connectivity index (χ2v) is 4.45. The van der Waals surface area contributed by atoms with Crippen molar-refractivity contribution in [3.63, 3.8) is 0 Å². The molecule has 1 fully saturated rings. The third-order valence-corrected chi connectivity index (χ3v) is 3.25. The number of nitrogens with one attached hydrogen (secondary N) is 1. The Labute approximate surface area is 95.6 Å². The van der Waals surface area contributed by atoms with Gasteiger partial charge in [-0.15, -0.1) is 0 Å². The summed E-state index contributed by atoms with van der Waals surface area (Å²) in [5, 5.41) is 4.28. The van der Waals surface area contributed by atoms with Crippen LogP contribution in [-0.4, -0.2) is 19.8 Å². The number of hydrogen-bond acceptors (Lipinski definition) is 2. The molecule has 1 unspecified atom stereocenters. The molecule has 82 valence electrons. The van der Waals surface area contributed by atoms with Gasteiger partial charge in [0.25, 0.3) is 0 Å². The van der Waals surface area contributed by atoms with E-state index in [1.165, 1.54) is 11.1 Å². The van der Waals surface area contributed by atoms with Crippen LogP contribution in [0.1, 0.15) is 22.7 Å². The molecule has 2 rings (SSSR count). The van der Waals surface area contributed by atoms with Crippen LogP contribution in [0, 0.1) is 13.8 Å². The van der Waals surface area contributed by atoms with Crippen LogP contribution in [0.3, 0.4) is 0 Å². The van der Waals surface area contributed by atoms with E-state index in [-0.39, 0.29) is 6.04 Å². The summed E-state index contributed by atoms with van der Waals surface area (Å²) >= 11 is 6.14. The summed E-state index contributed by atoms with van der Waals surface area (Å²) in [6.07, 6.45) is 0. The lowest BCUT2D eigenvalue weighted by Gasteiger charge is -2.26. The van der Waals surface area contributed by atoms with Crippen molar-refractivity contribution in [2.24, 2.45) is 0 Å². The molecule has 0 saturated carbocycles. The minimum atomic E-state index is 0.289. The van der Waals surface area contributed by atoms with E-state index < -0.39 is 0 Å². The molecule has 0 amide bonds. The van der Waals surface area contributed by atoms with Crippen molar-refractivity contribution in [1.82, 2.24) is 5.32 Å². The number of ether oxygens (including phenoxy) is 1. The first-order valence-corrected chi connectivity index (χ1v) is 5.64. The van der Waals surface area contributed by atoms with Gasteiger partial charge in [0, 0.05) is 11.6 Å². The van der Waals surface area contributed by atoms with Crippen molar-refractivity contribution in [2.75, 3.05) is 19.8 Å². The Morgan fingerprint density at radius 3 is 2.80 bits per heavy atom. The SMILES string of the molecule is Cc1cc(C)c(C2COCCN2)cc1Cl. The number of benzene rings is 1. The second-order valence-electron chi connectivity index (χ2n) is 4.04. The monoisotopic (exact) mass is 225 g/mol. The van der Waals surface area contributed by atoms with Crippen molar-refractivity contribution in [3.05, 3.63) is 33.8 Å². The molecule has 1 aromatic rings. The number of morpholine rings is 1.